The SMILES string of the molecule is C[C@@H](Nc1ncnc2c(C(N)=O)cccc12)c1cccc(CC(=O)c2ccc(C(F)(F)F)cc2F)c1. The Morgan fingerprint density at radius 3 is 2.44 bits per heavy atom. The zero-order valence-corrected chi connectivity index (χ0v) is 18.9. The van der Waals surface area contributed by atoms with E-state index in [9.17, 15) is 27.2 Å². The maximum Gasteiger partial charge on any atom is 0.416 e. The lowest BCUT2D eigenvalue weighted by Crippen LogP contribution is -2.13. The van der Waals surface area contributed by atoms with Gasteiger partial charge in [0.1, 0.15) is 18.0 Å². The fourth-order valence-electron chi connectivity index (χ4n) is 3.86. The molecule has 0 spiro atoms. The molecule has 36 heavy (non-hydrogen) atoms. The first-order valence-electron chi connectivity index (χ1n) is 10.8. The van der Waals surface area contributed by atoms with Crippen molar-refractivity contribution in [2.24, 2.45) is 5.73 Å². The number of aromatic nitrogens is 2. The van der Waals surface area contributed by atoms with Crippen molar-refractivity contribution in [3.63, 3.8) is 0 Å². The van der Waals surface area contributed by atoms with Crippen molar-refractivity contribution < 1.29 is 27.2 Å². The van der Waals surface area contributed by atoms with E-state index in [4.69, 9.17) is 5.73 Å². The number of amides is 1. The number of carbonyl (C=O) groups excluding carboxylic acids is 2. The lowest BCUT2D eigenvalue weighted by atomic mass is 9.98. The van der Waals surface area contributed by atoms with Crippen LogP contribution in [0.2, 0.25) is 0 Å². The minimum absolute atomic E-state index is 0.193. The first-order chi connectivity index (χ1) is 17.0. The Balaban J connectivity index is 1.54. The van der Waals surface area contributed by atoms with Gasteiger partial charge in [-0.15, -0.1) is 0 Å². The van der Waals surface area contributed by atoms with E-state index in [1.165, 1.54) is 6.33 Å². The van der Waals surface area contributed by atoms with Gasteiger partial charge in [-0.05, 0) is 48.4 Å². The van der Waals surface area contributed by atoms with E-state index in [0.717, 1.165) is 11.6 Å². The molecule has 6 nitrogen and oxygen atoms in total. The van der Waals surface area contributed by atoms with Crippen molar-refractivity contribution >= 4 is 28.4 Å². The normalized spacial score (nSPS) is 12.4. The molecule has 0 saturated heterocycles. The molecule has 1 aromatic heterocycles. The van der Waals surface area contributed by atoms with E-state index in [-0.39, 0.29) is 18.0 Å². The second kappa shape index (κ2) is 9.73. The number of hydrogen-bond acceptors (Lipinski definition) is 5. The Morgan fingerprint density at radius 1 is 1.00 bits per heavy atom. The van der Waals surface area contributed by atoms with Crippen molar-refractivity contribution in [1.82, 2.24) is 9.97 Å². The average molecular weight is 496 g/mol. The first-order valence-corrected chi connectivity index (χ1v) is 10.8. The molecule has 0 aliphatic rings. The topological polar surface area (TPSA) is 98.0 Å². The number of benzene rings is 3. The highest BCUT2D eigenvalue weighted by molar-refractivity contribution is 6.06. The molecule has 3 N–H and O–H groups in total. The van der Waals surface area contributed by atoms with Crippen molar-refractivity contribution in [2.75, 3.05) is 5.32 Å². The summed E-state index contributed by atoms with van der Waals surface area (Å²) >= 11 is 0. The molecule has 10 heteroatoms. The molecule has 3 aromatic carbocycles. The van der Waals surface area contributed by atoms with Crippen LogP contribution in [0.1, 0.15) is 50.4 Å². The second-order valence-corrected chi connectivity index (χ2v) is 8.19. The van der Waals surface area contributed by atoms with Crippen LogP contribution in [0, 0.1) is 5.82 Å². The van der Waals surface area contributed by atoms with E-state index in [1.54, 1.807) is 36.4 Å². The van der Waals surface area contributed by atoms with Crippen LogP contribution in [0.15, 0.2) is 67.0 Å². The van der Waals surface area contributed by atoms with E-state index >= 15 is 0 Å². The Morgan fingerprint density at radius 2 is 1.75 bits per heavy atom. The standard InChI is InChI=1S/C26H20F4N4O2/c1-14(34-25-20-7-3-6-19(24(31)36)23(20)32-13-33-25)16-5-2-4-15(10-16)11-22(35)18-9-8-17(12-21(18)27)26(28,29)30/h2-10,12-14H,11H2,1H3,(H2,31,36)(H,32,33,34)/t14-/m1/s1. The number of primary amides is 1. The van der Waals surface area contributed by atoms with Gasteiger partial charge in [-0.1, -0.05) is 30.3 Å². The summed E-state index contributed by atoms with van der Waals surface area (Å²) in [5.41, 5.74) is 5.90. The number of nitrogens with one attached hydrogen (secondary N) is 1. The van der Waals surface area contributed by atoms with E-state index in [1.807, 2.05) is 13.0 Å². The molecule has 0 aliphatic heterocycles. The fraction of sp³-hybridized carbons (Fsp3) is 0.154. The summed E-state index contributed by atoms with van der Waals surface area (Å²) in [5, 5.41) is 3.86. The van der Waals surface area contributed by atoms with Gasteiger partial charge in [0.05, 0.1) is 22.2 Å². The number of para-hydroxylation sites is 1. The predicted octanol–water partition coefficient (Wildman–Crippen LogP) is 5.49. The first kappa shape index (κ1) is 24.8. The molecule has 1 heterocycles. The molecule has 0 fully saturated rings. The third-order valence-corrected chi connectivity index (χ3v) is 5.70. The summed E-state index contributed by atoms with van der Waals surface area (Å²) in [6.07, 6.45) is -3.57. The fourth-order valence-corrected chi connectivity index (χ4v) is 3.86. The van der Waals surface area contributed by atoms with Crippen LogP contribution >= 0.6 is 0 Å². The molecular weight excluding hydrogens is 476 g/mol. The summed E-state index contributed by atoms with van der Waals surface area (Å²) in [6.45, 7) is 1.86. The van der Waals surface area contributed by atoms with Gasteiger partial charge < -0.3 is 11.1 Å². The monoisotopic (exact) mass is 496 g/mol. The second-order valence-electron chi connectivity index (χ2n) is 8.19. The quantitative estimate of drug-likeness (QED) is 0.261. The van der Waals surface area contributed by atoms with Crippen LogP contribution in [-0.4, -0.2) is 21.7 Å². The number of alkyl halides is 3. The highest BCUT2D eigenvalue weighted by Gasteiger charge is 2.31. The minimum atomic E-state index is -4.70. The third kappa shape index (κ3) is 5.17. The molecule has 1 atom stereocenters. The van der Waals surface area contributed by atoms with E-state index < -0.39 is 34.8 Å². The lowest BCUT2D eigenvalue weighted by molar-refractivity contribution is -0.137. The zero-order chi connectivity index (χ0) is 26.0. The van der Waals surface area contributed by atoms with Crippen LogP contribution in [0.4, 0.5) is 23.4 Å². The van der Waals surface area contributed by atoms with Gasteiger partial charge in [0, 0.05) is 17.8 Å². The highest BCUT2D eigenvalue weighted by atomic mass is 19.4. The van der Waals surface area contributed by atoms with Gasteiger partial charge in [-0.25, -0.2) is 14.4 Å². The molecule has 0 saturated carbocycles. The van der Waals surface area contributed by atoms with Crippen molar-refractivity contribution in [3.05, 3.63) is 101 Å². The van der Waals surface area contributed by atoms with Crippen molar-refractivity contribution in [1.29, 1.82) is 0 Å². The largest absolute Gasteiger partial charge is 0.416 e. The number of nitrogens with two attached hydrogens (primary N) is 1. The highest BCUT2D eigenvalue weighted by Crippen LogP contribution is 2.31. The molecule has 0 unspecified atom stereocenters. The predicted molar refractivity (Wildman–Crippen MR) is 126 cm³/mol. The van der Waals surface area contributed by atoms with Crippen LogP contribution in [0.5, 0.6) is 0 Å². The molecule has 0 aliphatic carbocycles. The smallest absolute Gasteiger partial charge is 0.366 e. The number of fused-ring (bicyclic) bond motifs is 1. The minimum Gasteiger partial charge on any atom is -0.366 e. The average Bonchev–Trinajstić information content (AvgIpc) is 2.83. The van der Waals surface area contributed by atoms with Gasteiger partial charge >= 0.3 is 6.18 Å². The summed E-state index contributed by atoms with van der Waals surface area (Å²) in [6, 6.07) is 13.5. The van der Waals surface area contributed by atoms with Gasteiger partial charge in [0.15, 0.2) is 5.78 Å². The zero-order valence-electron chi connectivity index (χ0n) is 18.9. The van der Waals surface area contributed by atoms with Gasteiger partial charge in [-0.3, -0.25) is 9.59 Å². The molecule has 0 radical (unpaired) electrons. The van der Waals surface area contributed by atoms with Crippen LogP contribution in [-0.2, 0) is 12.6 Å². The Kier molecular flexibility index (Phi) is 6.69. The number of rotatable bonds is 7. The van der Waals surface area contributed by atoms with Crippen LogP contribution in [0.25, 0.3) is 10.9 Å². The van der Waals surface area contributed by atoms with Gasteiger partial charge in [0.25, 0.3) is 5.91 Å². The molecule has 184 valence electrons. The summed E-state index contributed by atoms with van der Waals surface area (Å²) in [5.74, 6) is -1.99. The number of anilines is 1. The molecular formula is C26H20F4N4O2. The van der Waals surface area contributed by atoms with Crippen LogP contribution in [0.3, 0.4) is 0 Å². The lowest BCUT2D eigenvalue weighted by Gasteiger charge is -2.17. The van der Waals surface area contributed by atoms with Crippen LogP contribution < -0.4 is 11.1 Å². The Hall–Kier alpha value is -4.34. The van der Waals surface area contributed by atoms with Crippen molar-refractivity contribution in [2.45, 2.75) is 25.6 Å². The number of nitrogens with zero attached hydrogens (tertiary/aromatic N) is 2. The maximum atomic E-state index is 14.2. The summed E-state index contributed by atoms with van der Waals surface area (Å²) < 4.78 is 52.6. The molecule has 4 aromatic rings. The number of hydrogen-bond donors (Lipinski definition) is 2. The third-order valence-electron chi connectivity index (χ3n) is 5.70. The number of carbonyl (C=O) groups is 2. The van der Waals surface area contributed by atoms with E-state index in [2.05, 4.69) is 15.3 Å². The summed E-state index contributed by atoms with van der Waals surface area (Å²) in [7, 11) is 0. The number of ketones is 1. The summed E-state index contributed by atoms with van der Waals surface area (Å²) in [4.78, 5) is 32.8. The maximum absolute atomic E-state index is 14.2. The molecule has 1 amide bonds. The van der Waals surface area contributed by atoms with Gasteiger partial charge in [0.2, 0.25) is 0 Å². The number of Topliss-reactive ketones (excluding diaryl/α,β-unsaturated/α-hetero) is 1. The number of halogens is 4. The van der Waals surface area contributed by atoms with E-state index in [0.29, 0.717) is 34.4 Å². The van der Waals surface area contributed by atoms with Gasteiger partial charge in [-0.2, -0.15) is 13.2 Å². The molecule has 4 rings (SSSR count). The molecule has 0 bridgehead atoms. The Bertz CT molecular complexity index is 1470. The Labute approximate surface area is 203 Å². The van der Waals surface area contributed by atoms with Crippen molar-refractivity contribution in [3.8, 4) is 0 Å².